The molecule has 1 aliphatic rings. The van der Waals surface area contributed by atoms with E-state index in [1.54, 1.807) is 19.2 Å². The fourth-order valence-electron chi connectivity index (χ4n) is 4.38. The van der Waals surface area contributed by atoms with Crippen LogP contribution in [0.5, 0.6) is 0 Å². The molecule has 1 saturated carbocycles. The topological polar surface area (TPSA) is 136 Å². The molecule has 0 bridgehead atoms. The minimum absolute atomic E-state index is 0.0203. The Kier molecular flexibility index (Phi) is 6.52. The number of hydrogen-bond donors (Lipinski definition) is 2. The van der Waals surface area contributed by atoms with Gasteiger partial charge in [-0.3, -0.25) is 9.59 Å². The second-order valence-corrected chi connectivity index (χ2v) is 8.79. The van der Waals surface area contributed by atoms with E-state index in [2.05, 4.69) is 42.6 Å². The molecule has 3 aromatic rings. The Hall–Kier alpha value is -3.56. The molecular formula is C23H28N6O4. The first-order valence-electron chi connectivity index (χ1n) is 11.1. The normalized spacial score (nSPS) is 19.2. The van der Waals surface area contributed by atoms with Gasteiger partial charge >= 0.3 is 0 Å². The predicted molar refractivity (Wildman–Crippen MR) is 119 cm³/mol. The van der Waals surface area contributed by atoms with E-state index in [1.165, 1.54) is 0 Å². The molecule has 10 nitrogen and oxygen atoms in total. The number of carbonyl (C=O) groups is 2. The Morgan fingerprint density at radius 2 is 1.79 bits per heavy atom. The van der Waals surface area contributed by atoms with Crippen LogP contribution >= 0.6 is 0 Å². The summed E-state index contributed by atoms with van der Waals surface area (Å²) in [7, 11) is 0. The van der Waals surface area contributed by atoms with Crippen molar-refractivity contribution in [3.05, 3.63) is 41.2 Å². The van der Waals surface area contributed by atoms with Gasteiger partial charge in [-0.25, -0.2) is 9.61 Å². The number of pyridine rings is 1. The smallest absolute Gasteiger partial charge is 0.276 e. The molecule has 10 heteroatoms. The van der Waals surface area contributed by atoms with Gasteiger partial charge in [-0.2, -0.15) is 0 Å². The first-order valence-corrected chi connectivity index (χ1v) is 11.1. The maximum atomic E-state index is 13.3. The minimum Gasteiger partial charge on any atom is -0.361 e. The summed E-state index contributed by atoms with van der Waals surface area (Å²) in [5, 5.41) is 17.0. The lowest BCUT2D eigenvalue weighted by Gasteiger charge is -2.32. The molecule has 0 unspecified atom stereocenters. The molecule has 1 fully saturated rings. The summed E-state index contributed by atoms with van der Waals surface area (Å²) in [6, 6.07) is 2.87. The second-order valence-electron chi connectivity index (χ2n) is 8.79. The number of aromatic nitrogens is 4. The molecule has 2 amide bonds. The maximum absolute atomic E-state index is 13.3. The van der Waals surface area contributed by atoms with Gasteiger partial charge in [-0.1, -0.05) is 30.1 Å². The molecule has 0 radical (unpaired) electrons. The molecule has 1 atom stereocenters. The van der Waals surface area contributed by atoms with Crippen LogP contribution in [0, 0.1) is 32.6 Å². The molecule has 1 aliphatic carbocycles. The highest BCUT2D eigenvalue weighted by atomic mass is 16.6. The zero-order valence-corrected chi connectivity index (χ0v) is 19.2. The number of amides is 2. The molecule has 3 heterocycles. The van der Waals surface area contributed by atoms with E-state index in [1.807, 2.05) is 19.9 Å². The first kappa shape index (κ1) is 22.6. The third-order valence-corrected chi connectivity index (χ3v) is 6.31. The number of carbonyl (C=O) groups excluding carboxylic acids is 2. The quantitative estimate of drug-likeness (QED) is 0.579. The fourth-order valence-corrected chi connectivity index (χ4v) is 4.38. The number of anilines is 1. The summed E-state index contributed by atoms with van der Waals surface area (Å²) < 4.78 is 9.86. The van der Waals surface area contributed by atoms with E-state index >= 15 is 0 Å². The average molecular weight is 453 g/mol. The molecule has 0 aliphatic heterocycles. The van der Waals surface area contributed by atoms with Crippen LogP contribution in [-0.4, -0.2) is 38.3 Å². The van der Waals surface area contributed by atoms with Gasteiger partial charge in [-0.05, 0) is 62.7 Å². The Bertz CT molecular complexity index is 1110. The van der Waals surface area contributed by atoms with Crippen LogP contribution in [-0.2, 0) is 4.79 Å². The van der Waals surface area contributed by atoms with Gasteiger partial charge < -0.3 is 15.2 Å². The first-order chi connectivity index (χ1) is 15.8. The second kappa shape index (κ2) is 9.51. The molecule has 0 aromatic carbocycles. The van der Waals surface area contributed by atoms with E-state index in [4.69, 9.17) is 4.52 Å². The zero-order valence-electron chi connectivity index (χ0n) is 19.2. The highest BCUT2D eigenvalue weighted by Gasteiger charge is 2.34. The summed E-state index contributed by atoms with van der Waals surface area (Å²) in [6.07, 6.45) is 5.41. The third-order valence-electron chi connectivity index (χ3n) is 6.31. The maximum Gasteiger partial charge on any atom is 0.276 e. The van der Waals surface area contributed by atoms with Crippen molar-refractivity contribution in [3.8, 4) is 11.1 Å². The van der Waals surface area contributed by atoms with Crippen molar-refractivity contribution >= 4 is 17.6 Å². The monoisotopic (exact) mass is 452 g/mol. The summed E-state index contributed by atoms with van der Waals surface area (Å²) >= 11 is 0. The van der Waals surface area contributed by atoms with Gasteiger partial charge in [0.15, 0.2) is 5.69 Å². The van der Waals surface area contributed by atoms with E-state index in [0.717, 1.165) is 42.5 Å². The van der Waals surface area contributed by atoms with Gasteiger partial charge in [0, 0.05) is 17.3 Å². The summed E-state index contributed by atoms with van der Waals surface area (Å²) in [6.45, 7) is 7.55. The number of nitrogens with zero attached hydrogens (tertiary/aromatic N) is 4. The predicted octanol–water partition coefficient (Wildman–Crippen LogP) is 3.61. The van der Waals surface area contributed by atoms with Gasteiger partial charge in [0.1, 0.15) is 23.3 Å². The van der Waals surface area contributed by atoms with Crippen molar-refractivity contribution in [1.29, 1.82) is 0 Å². The Balaban J connectivity index is 1.51. The number of aryl methyl sites for hydroxylation is 3. The Morgan fingerprint density at radius 1 is 1.03 bits per heavy atom. The lowest BCUT2D eigenvalue weighted by atomic mass is 9.79. The molecule has 0 spiro atoms. The van der Waals surface area contributed by atoms with Crippen LogP contribution in [0.2, 0.25) is 0 Å². The van der Waals surface area contributed by atoms with Crippen LogP contribution in [0.25, 0.3) is 11.1 Å². The molecular weight excluding hydrogens is 424 g/mol. The average Bonchev–Trinajstić information content (AvgIpc) is 3.38. The summed E-state index contributed by atoms with van der Waals surface area (Å²) in [5.41, 5.74) is 2.97. The lowest BCUT2D eigenvalue weighted by Crippen LogP contribution is -2.49. The van der Waals surface area contributed by atoms with E-state index < -0.39 is 11.9 Å². The van der Waals surface area contributed by atoms with Crippen molar-refractivity contribution in [2.45, 2.75) is 59.4 Å². The van der Waals surface area contributed by atoms with Gasteiger partial charge in [0.2, 0.25) is 5.91 Å². The van der Waals surface area contributed by atoms with Crippen molar-refractivity contribution in [2.24, 2.45) is 11.8 Å². The van der Waals surface area contributed by atoms with Crippen molar-refractivity contribution < 1.29 is 18.7 Å². The minimum atomic E-state index is -0.717. The SMILES string of the molecule is Cc1nonc1C(=O)N[C@H](C(=O)Nc1ccc(-c2c(C)noc2C)cn1)C1CCC(C)CC1. The standard InChI is InChI=1S/C23H28N6O4/c1-12-5-7-16(8-6-12)21(26-22(30)20-14(3)28-33-29-20)23(31)25-18-10-9-17(11-24-18)19-13(2)27-32-15(19)4/h9-12,16,21H,5-8H2,1-4H3,(H,26,30)(H,24,25,31)/t12?,16?,21-/m0/s1. The lowest BCUT2D eigenvalue weighted by molar-refractivity contribution is -0.119. The summed E-state index contributed by atoms with van der Waals surface area (Å²) in [4.78, 5) is 30.4. The third kappa shape index (κ3) is 4.94. The molecule has 2 N–H and O–H groups in total. The van der Waals surface area contributed by atoms with Crippen LogP contribution in [0.15, 0.2) is 27.5 Å². The van der Waals surface area contributed by atoms with Crippen molar-refractivity contribution in [3.63, 3.8) is 0 Å². The number of hydrogen-bond acceptors (Lipinski definition) is 8. The molecule has 3 aromatic heterocycles. The van der Waals surface area contributed by atoms with E-state index in [-0.39, 0.29) is 17.5 Å². The molecule has 33 heavy (non-hydrogen) atoms. The highest BCUT2D eigenvalue weighted by Crippen LogP contribution is 2.31. The Morgan fingerprint density at radius 3 is 2.36 bits per heavy atom. The van der Waals surface area contributed by atoms with Crippen LogP contribution < -0.4 is 10.6 Å². The van der Waals surface area contributed by atoms with Crippen LogP contribution in [0.3, 0.4) is 0 Å². The van der Waals surface area contributed by atoms with Gasteiger partial charge in [0.05, 0.1) is 5.69 Å². The van der Waals surface area contributed by atoms with Crippen LogP contribution in [0.1, 0.15) is 60.2 Å². The fraction of sp³-hybridized carbons (Fsp3) is 0.478. The van der Waals surface area contributed by atoms with Gasteiger partial charge in [-0.15, -0.1) is 0 Å². The van der Waals surface area contributed by atoms with Crippen molar-refractivity contribution in [2.75, 3.05) is 5.32 Å². The van der Waals surface area contributed by atoms with E-state index in [9.17, 15) is 9.59 Å². The number of rotatable bonds is 6. The largest absolute Gasteiger partial charge is 0.361 e. The van der Waals surface area contributed by atoms with Crippen molar-refractivity contribution in [1.82, 2.24) is 25.8 Å². The highest BCUT2D eigenvalue weighted by molar-refractivity contribution is 6.00. The Labute approximate surface area is 191 Å². The number of nitrogens with one attached hydrogen (secondary N) is 2. The summed E-state index contributed by atoms with van der Waals surface area (Å²) in [5.74, 6) is 0.952. The van der Waals surface area contributed by atoms with Crippen LogP contribution in [0.4, 0.5) is 5.82 Å². The zero-order chi connectivity index (χ0) is 23.5. The molecule has 4 rings (SSSR count). The molecule has 174 valence electrons. The molecule has 0 saturated heterocycles. The van der Waals surface area contributed by atoms with Gasteiger partial charge in [0.25, 0.3) is 5.91 Å². The van der Waals surface area contributed by atoms with E-state index in [0.29, 0.717) is 23.2 Å².